The van der Waals surface area contributed by atoms with Crippen molar-refractivity contribution < 1.29 is 9.85 Å². The maximum absolute atomic E-state index is 11.0. The third kappa shape index (κ3) is 2.69. The Balaban J connectivity index is 2.59. The quantitative estimate of drug-likeness (QED) is 0.631. The fraction of sp³-hybridized carbons (Fsp3) is 0. The van der Waals surface area contributed by atoms with Crippen molar-refractivity contribution in [2.45, 2.75) is 0 Å². The van der Waals surface area contributed by atoms with Crippen LogP contribution in [0.25, 0.3) is 11.1 Å². The van der Waals surface area contributed by atoms with Crippen LogP contribution in [0, 0.1) is 20.2 Å². The molecular formula is C12H7ClN2O4. The van der Waals surface area contributed by atoms with Gasteiger partial charge in [0.15, 0.2) is 0 Å². The Morgan fingerprint density at radius 2 is 1.53 bits per heavy atom. The average Bonchev–Trinajstić information content (AvgIpc) is 2.38. The second-order valence-corrected chi connectivity index (χ2v) is 4.16. The number of rotatable bonds is 3. The minimum Gasteiger partial charge on any atom is -0.258 e. The monoisotopic (exact) mass is 278 g/mol. The summed E-state index contributed by atoms with van der Waals surface area (Å²) in [5, 5.41) is 22.1. The van der Waals surface area contributed by atoms with E-state index in [9.17, 15) is 20.2 Å². The third-order valence-electron chi connectivity index (χ3n) is 2.54. The zero-order valence-corrected chi connectivity index (χ0v) is 10.2. The van der Waals surface area contributed by atoms with Crippen LogP contribution in [-0.4, -0.2) is 9.85 Å². The van der Waals surface area contributed by atoms with Gasteiger partial charge in [-0.2, -0.15) is 0 Å². The lowest BCUT2D eigenvalue weighted by Crippen LogP contribution is -1.95. The first-order valence-electron chi connectivity index (χ1n) is 5.18. The summed E-state index contributed by atoms with van der Waals surface area (Å²) < 4.78 is 0. The minimum absolute atomic E-state index is 0.309. The number of nitro benzene ring substituents is 2. The van der Waals surface area contributed by atoms with Crippen molar-refractivity contribution in [3.8, 4) is 11.1 Å². The van der Waals surface area contributed by atoms with Crippen LogP contribution >= 0.6 is 11.6 Å². The molecule has 0 fully saturated rings. The van der Waals surface area contributed by atoms with Gasteiger partial charge in [0.1, 0.15) is 0 Å². The number of non-ortho nitro benzene ring substituents is 1. The molecule has 0 radical (unpaired) electrons. The number of hydrogen-bond acceptors (Lipinski definition) is 4. The van der Waals surface area contributed by atoms with E-state index in [0.29, 0.717) is 16.1 Å². The van der Waals surface area contributed by atoms with E-state index in [4.69, 9.17) is 11.6 Å². The van der Waals surface area contributed by atoms with Gasteiger partial charge in [-0.25, -0.2) is 0 Å². The largest absolute Gasteiger partial charge is 0.284 e. The smallest absolute Gasteiger partial charge is 0.258 e. The molecule has 0 aliphatic heterocycles. The first kappa shape index (κ1) is 13.0. The number of halogens is 1. The normalized spacial score (nSPS) is 10.2. The van der Waals surface area contributed by atoms with Gasteiger partial charge < -0.3 is 0 Å². The van der Waals surface area contributed by atoms with Gasteiger partial charge in [0, 0.05) is 11.1 Å². The van der Waals surface area contributed by atoms with Crippen molar-refractivity contribution in [1.82, 2.24) is 0 Å². The lowest BCUT2D eigenvalue weighted by Gasteiger charge is -2.03. The zero-order chi connectivity index (χ0) is 14.0. The Labute approximate surface area is 112 Å². The lowest BCUT2D eigenvalue weighted by atomic mass is 10.0. The summed E-state index contributed by atoms with van der Waals surface area (Å²) in [5.74, 6) is 0. The SMILES string of the molecule is O=[N+]([O-])c1ccc(-c2ccc(Cl)cc2)c([N+](=O)[O-])c1. The van der Waals surface area contributed by atoms with Crippen LogP contribution < -0.4 is 0 Å². The van der Waals surface area contributed by atoms with Crippen molar-refractivity contribution in [2.75, 3.05) is 0 Å². The molecule has 2 aromatic rings. The molecule has 0 N–H and O–H groups in total. The molecule has 0 unspecified atom stereocenters. The van der Waals surface area contributed by atoms with Gasteiger partial charge in [-0.3, -0.25) is 20.2 Å². The van der Waals surface area contributed by atoms with Crippen LogP contribution in [-0.2, 0) is 0 Å². The molecule has 2 aromatic carbocycles. The van der Waals surface area contributed by atoms with Crippen LogP contribution in [0.1, 0.15) is 0 Å². The second-order valence-electron chi connectivity index (χ2n) is 3.72. The molecule has 96 valence electrons. The van der Waals surface area contributed by atoms with Crippen LogP contribution in [0.15, 0.2) is 42.5 Å². The van der Waals surface area contributed by atoms with E-state index < -0.39 is 9.85 Å². The molecular weight excluding hydrogens is 272 g/mol. The molecule has 6 nitrogen and oxygen atoms in total. The highest BCUT2D eigenvalue weighted by Gasteiger charge is 2.20. The summed E-state index contributed by atoms with van der Waals surface area (Å²) in [4.78, 5) is 20.3. The topological polar surface area (TPSA) is 86.3 Å². The number of benzene rings is 2. The summed E-state index contributed by atoms with van der Waals surface area (Å²) in [6.07, 6.45) is 0. The van der Waals surface area contributed by atoms with E-state index in [1.54, 1.807) is 24.3 Å². The highest BCUT2D eigenvalue weighted by molar-refractivity contribution is 6.30. The van der Waals surface area contributed by atoms with Crippen LogP contribution in [0.3, 0.4) is 0 Å². The van der Waals surface area contributed by atoms with Gasteiger partial charge >= 0.3 is 0 Å². The Bertz CT molecular complexity index is 655. The van der Waals surface area contributed by atoms with Crippen molar-refractivity contribution in [1.29, 1.82) is 0 Å². The van der Waals surface area contributed by atoms with Crippen molar-refractivity contribution in [3.05, 3.63) is 67.7 Å². The average molecular weight is 279 g/mol. The van der Waals surface area contributed by atoms with Crippen molar-refractivity contribution in [2.24, 2.45) is 0 Å². The molecule has 0 saturated heterocycles. The van der Waals surface area contributed by atoms with Crippen LogP contribution in [0.2, 0.25) is 5.02 Å². The lowest BCUT2D eigenvalue weighted by molar-refractivity contribution is -0.393. The number of hydrogen-bond donors (Lipinski definition) is 0. The van der Waals surface area contributed by atoms with E-state index in [-0.39, 0.29) is 11.4 Å². The van der Waals surface area contributed by atoms with Gasteiger partial charge in [0.05, 0.1) is 21.5 Å². The van der Waals surface area contributed by atoms with Crippen molar-refractivity contribution in [3.63, 3.8) is 0 Å². The van der Waals surface area contributed by atoms with Gasteiger partial charge in [-0.15, -0.1) is 0 Å². The summed E-state index contributed by atoms with van der Waals surface area (Å²) in [6.45, 7) is 0. The van der Waals surface area contributed by atoms with E-state index in [1.165, 1.54) is 12.1 Å². The first-order chi connectivity index (χ1) is 8.99. The number of nitro groups is 2. The predicted molar refractivity (Wildman–Crippen MR) is 70.2 cm³/mol. The van der Waals surface area contributed by atoms with E-state index in [1.807, 2.05) is 0 Å². The molecule has 0 aromatic heterocycles. The van der Waals surface area contributed by atoms with E-state index >= 15 is 0 Å². The molecule has 0 heterocycles. The van der Waals surface area contributed by atoms with Crippen LogP contribution in [0.4, 0.5) is 11.4 Å². The Kier molecular flexibility index (Phi) is 3.43. The molecule has 0 aliphatic carbocycles. The molecule has 0 atom stereocenters. The fourth-order valence-electron chi connectivity index (χ4n) is 1.66. The van der Waals surface area contributed by atoms with E-state index in [0.717, 1.165) is 6.07 Å². The Hall–Kier alpha value is -2.47. The van der Waals surface area contributed by atoms with Gasteiger partial charge in [-0.1, -0.05) is 23.7 Å². The molecule has 0 aliphatic rings. The minimum atomic E-state index is -0.668. The number of nitrogens with zero attached hydrogens (tertiary/aromatic N) is 2. The van der Waals surface area contributed by atoms with Crippen molar-refractivity contribution >= 4 is 23.0 Å². The molecule has 0 amide bonds. The molecule has 2 rings (SSSR count). The van der Waals surface area contributed by atoms with Gasteiger partial charge in [0.2, 0.25) is 0 Å². The summed E-state index contributed by atoms with van der Waals surface area (Å²) in [6, 6.07) is 9.98. The van der Waals surface area contributed by atoms with Gasteiger partial charge in [0.25, 0.3) is 11.4 Å². The Morgan fingerprint density at radius 3 is 2.05 bits per heavy atom. The maximum atomic E-state index is 11.0. The van der Waals surface area contributed by atoms with Gasteiger partial charge in [-0.05, 0) is 23.8 Å². The highest BCUT2D eigenvalue weighted by atomic mass is 35.5. The molecule has 7 heteroatoms. The standard InChI is InChI=1S/C12H7ClN2O4/c13-9-3-1-8(2-4-9)11-6-5-10(14(16)17)7-12(11)15(18)19/h1-7H. The van der Waals surface area contributed by atoms with Crippen LogP contribution in [0.5, 0.6) is 0 Å². The molecule has 19 heavy (non-hydrogen) atoms. The highest BCUT2D eigenvalue weighted by Crippen LogP contribution is 2.33. The summed E-state index contributed by atoms with van der Waals surface area (Å²) in [7, 11) is 0. The molecule has 0 spiro atoms. The van der Waals surface area contributed by atoms with E-state index in [2.05, 4.69) is 0 Å². The predicted octanol–water partition coefficient (Wildman–Crippen LogP) is 3.82. The summed E-state index contributed by atoms with van der Waals surface area (Å²) >= 11 is 5.75. The molecule has 0 saturated carbocycles. The zero-order valence-electron chi connectivity index (χ0n) is 9.45. The fourth-order valence-corrected chi connectivity index (χ4v) is 1.78. The Morgan fingerprint density at radius 1 is 0.895 bits per heavy atom. The maximum Gasteiger partial charge on any atom is 0.284 e. The first-order valence-corrected chi connectivity index (χ1v) is 5.55. The second kappa shape index (κ2) is 5.03. The third-order valence-corrected chi connectivity index (χ3v) is 2.80. The molecule has 0 bridgehead atoms. The summed E-state index contributed by atoms with van der Waals surface area (Å²) in [5.41, 5.74) is 0.263.